The van der Waals surface area contributed by atoms with Gasteiger partial charge in [0.2, 0.25) is 0 Å². The largest absolute Gasteiger partial charge is 0.388 e. The average molecular weight is 385 g/mol. The lowest BCUT2D eigenvalue weighted by molar-refractivity contribution is 0.146. The standard InChI is InChI=1S/C15H15Br2NO/c16-11-5-3-4-10(8-11)13(9-18)15(19)12-6-1-2-7-14(12)17/h1-8,13,15,19H,9,18H2. The maximum absolute atomic E-state index is 10.6. The molecule has 4 heteroatoms. The van der Waals surface area contributed by atoms with Crippen molar-refractivity contribution in [2.24, 2.45) is 5.73 Å². The molecule has 0 radical (unpaired) electrons. The third kappa shape index (κ3) is 3.45. The highest BCUT2D eigenvalue weighted by Gasteiger charge is 2.23. The van der Waals surface area contributed by atoms with Crippen LogP contribution in [0.5, 0.6) is 0 Å². The SMILES string of the molecule is NCC(c1cccc(Br)c1)C(O)c1ccccc1Br. The third-order valence-electron chi connectivity index (χ3n) is 3.14. The lowest BCUT2D eigenvalue weighted by Crippen LogP contribution is -2.20. The van der Waals surface area contributed by atoms with Crippen molar-refractivity contribution in [1.82, 2.24) is 0 Å². The van der Waals surface area contributed by atoms with Gasteiger partial charge in [0, 0.05) is 21.4 Å². The molecule has 0 heterocycles. The summed E-state index contributed by atoms with van der Waals surface area (Å²) in [6.07, 6.45) is -0.630. The second kappa shape index (κ2) is 6.66. The monoisotopic (exact) mass is 383 g/mol. The molecule has 0 aliphatic carbocycles. The number of aliphatic hydroxyl groups is 1. The Morgan fingerprint density at radius 1 is 1.05 bits per heavy atom. The first-order chi connectivity index (χ1) is 9.13. The summed E-state index contributed by atoms with van der Waals surface area (Å²) in [5.41, 5.74) is 7.74. The van der Waals surface area contributed by atoms with Crippen molar-refractivity contribution < 1.29 is 5.11 Å². The molecule has 2 aromatic carbocycles. The van der Waals surface area contributed by atoms with Crippen molar-refractivity contribution >= 4 is 31.9 Å². The fourth-order valence-corrected chi connectivity index (χ4v) is 3.05. The van der Waals surface area contributed by atoms with Gasteiger partial charge in [-0.2, -0.15) is 0 Å². The summed E-state index contributed by atoms with van der Waals surface area (Å²) in [5, 5.41) is 10.6. The number of nitrogens with two attached hydrogens (primary N) is 1. The highest BCUT2D eigenvalue weighted by molar-refractivity contribution is 9.10. The zero-order valence-corrected chi connectivity index (χ0v) is 13.4. The van der Waals surface area contributed by atoms with Crippen LogP contribution in [0.1, 0.15) is 23.1 Å². The van der Waals surface area contributed by atoms with Crippen LogP contribution in [0.25, 0.3) is 0 Å². The molecule has 0 aromatic heterocycles. The molecule has 0 fully saturated rings. The molecule has 19 heavy (non-hydrogen) atoms. The van der Waals surface area contributed by atoms with Gasteiger partial charge < -0.3 is 10.8 Å². The molecule has 0 aliphatic heterocycles. The van der Waals surface area contributed by atoms with E-state index < -0.39 is 6.10 Å². The maximum atomic E-state index is 10.6. The van der Waals surface area contributed by atoms with Crippen LogP contribution in [0.3, 0.4) is 0 Å². The van der Waals surface area contributed by atoms with E-state index in [2.05, 4.69) is 31.9 Å². The van der Waals surface area contributed by atoms with E-state index >= 15 is 0 Å². The Labute approximate surface area is 129 Å². The molecule has 2 atom stereocenters. The van der Waals surface area contributed by atoms with Crippen LogP contribution in [0.4, 0.5) is 0 Å². The quantitative estimate of drug-likeness (QED) is 0.837. The van der Waals surface area contributed by atoms with Gasteiger partial charge in [-0.25, -0.2) is 0 Å². The van der Waals surface area contributed by atoms with Crippen LogP contribution >= 0.6 is 31.9 Å². The van der Waals surface area contributed by atoms with Crippen LogP contribution < -0.4 is 5.73 Å². The molecule has 0 bridgehead atoms. The van der Waals surface area contributed by atoms with Crippen LogP contribution in [0.15, 0.2) is 57.5 Å². The Morgan fingerprint density at radius 2 is 1.79 bits per heavy atom. The summed E-state index contributed by atoms with van der Waals surface area (Å²) < 4.78 is 1.89. The molecule has 0 amide bonds. The minimum atomic E-state index is -0.630. The Bertz CT molecular complexity index is 559. The first-order valence-corrected chi connectivity index (χ1v) is 7.60. The van der Waals surface area contributed by atoms with Crippen molar-refractivity contribution in [2.45, 2.75) is 12.0 Å². The number of rotatable bonds is 4. The molecular formula is C15H15Br2NO. The van der Waals surface area contributed by atoms with Crippen molar-refractivity contribution in [3.8, 4) is 0 Å². The second-order valence-corrected chi connectivity index (χ2v) is 6.13. The Balaban J connectivity index is 2.35. The first kappa shape index (κ1) is 14.7. The maximum Gasteiger partial charge on any atom is 0.0881 e. The van der Waals surface area contributed by atoms with Gasteiger partial charge in [-0.1, -0.05) is 62.2 Å². The van der Waals surface area contributed by atoms with Crippen molar-refractivity contribution in [1.29, 1.82) is 0 Å². The van der Waals surface area contributed by atoms with Gasteiger partial charge in [-0.3, -0.25) is 0 Å². The van der Waals surface area contributed by atoms with Gasteiger partial charge in [-0.15, -0.1) is 0 Å². The van der Waals surface area contributed by atoms with E-state index in [1.807, 2.05) is 48.5 Å². The second-order valence-electron chi connectivity index (χ2n) is 4.36. The number of hydrogen-bond donors (Lipinski definition) is 2. The van der Waals surface area contributed by atoms with Crippen molar-refractivity contribution in [3.63, 3.8) is 0 Å². The van der Waals surface area contributed by atoms with Crippen LogP contribution in [0, 0.1) is 0 Å². The fourth-order valence-electron chi connectivity index (χ4n) is 2.12. The van der Waals surface area contributed by atoms with Gasteiger partial charge >= 0.3 is 0 Å². The van der Waals surface area contributed by atoms with Crippen molar-refractivity contribution in [3.05, 3.63) is 68.6 Å². The summed E-state index contributed by atoms with van der Waals surface area (Å²) in [7, 11) is 0. The Hall–Kier alpha value is -0.680. The number of benzene rings is 2. The van der Waals surface area contributed by atoms with Crippen molar-refractivity contribution in [2.75, 3.05) is 6.54 Å². The van der Waals surface area contributed by atoms with Crippen LogP contribution in [-0.2, 0) is 0 Å². The Morgan fingerprint density at radius 3 is 2.42 bits per heavy atom. The summed E-state index contributed by atoms with van der Waals surface area (Å²) >= 11 is 6.92. The molecule has 0 saturated heterocycles. The number of aliphatic hydroxyl groups excluding tert-OH is 1. The zero-order chi connectivity index (χ0) is 13.8. The molecule has 2 nitrogen and oxygen atoms in total. The lowest BCUT2D eigenvalue weighted by atomic mass is 9.89. The fraction of sp³-hybridized carbons (Fsp3) is 0.200. The van der Waals surface area contributed by atoms with Gasteiger partial charge in [0.15, 0.2) is 0 Å². The number of hydrogen-bond acceptors (Lipinski definition) is 2. The predicted molar refractivity (Wildman–Crippen MR) is 85.0 cm³/mol. The topological polar surface area (TPSA) is 46.2 Å². The smallest absolute Gasteiger partial charge is 0.0881 e. The summed E-state index contributed by atoms with van der Waals surface area (Å²) in [5.74, 6) is -0.129. The van der Waals surface area contributed by atoms with Gasteiger partial charge in [0.1, 0.15) is 0 Å². The molecule has 0 aliphatic rings. The van der Waals surface area contributed by atoms with Gasteiger partial charge in [-0.05, 0) is 29.3 Å². The molecule has 3 N–H and O–H groups in total. The Kier molecular flexibility index (Phi) is 5.16. The third-order valence-corrected chi connectivity index (χ3v) is 4.35. The molecule has 0 saturated carbocycles. The van der Waals surface area contributed by atoms with E-state index in [9.17, 15) is 5.11 Å². The molecular weight excluding hydrogens is 370 g/mol. The minimum Gasteiger partial charge on any atom is -0.388 e. The summed E-state index contributed by atoms with van der Waals surface area (Å²) in [6.45, 7) is 0.388. The molecule has 0 spiro atoms. The highest BCUT2D eigenvalue weighted by Crippen LogP contribution is 2.34. The van der Waals surface area contributed by atoms with E-state index in [4.69, 9.17) is 5.73 Å². The van der Waals surface area contributed by atoms with Crippen LogP contribution in [0.2, 0.25) is 0 Å². The number of halogens is 2. The molecule has 2 aromatic rings. The molecule has 100 valence electrons. The summed E-state index contributed by atoms with van der Waals surface area (Å²) in [4.78, 5) is 0. The predicted octanol–water partition coefficient (Wildman–Crippen LogP) is 3.99. The van der Waals surface area contributed by atoms with E-state index in [0.29, 0.717) is 6.54 Å². The minimum absolute atomic E-state index is 0.129. The van der Waals surface area contributed by atoms with Crippen LogP contribution in [-0.4, -0.2) is 11.7 Å². The average Bonchev–Trinajstić information content (AvgIpc) is 2.40. The molecule has 2 rings (SSSR count). The van der Waals surface area contributed by atoms with E-state index in [1.165, 1.54) is 0 Å². The lowest BCUT2D eigenvalue weighted by Gasteiger charge is -2.23. The highest BCUT2D eigenvalue weighted by atomic mass is 79.9. The van der Waals surface area contributed by atoms with Gasteiger partial charge in [0.25, 0.3) is 0 Å². The van der Waals surface area contributed by atoms with Gasteiger partial charge in [0.05, 0.1) is 6.10 Å². The summed E-state index contributed by atoms with van der Waals surface area (Å²) in [6, 6.07) is 15.6. The molecule has 2 unspecified atom stereocenters. The van der Waals surface area contributed by atoms with E-state index in [-0.39, 0.29) is 5.92 Å². The normalized spacial score (nSPS) is 14.1. The van der Waals surface area contributed by atoms with E-state index in [0.717, 1.165) is 20.1 Å². The van der Waals surface area contributed by atoms with E-state index in [1.54, 1.807) is 0 Å². The first-order valence-electron chi connectivity index (χ1n) is 6.01. The zero-order valence-electron chi connectivity index (χ0n) is 10.3.